The molecule has 72 valence electrons. The number of amides is 1. The molecule has 0 rings (SSSR count). The Bertz CT molecular complexity index is 129. The minimum atomic E-state index is -0.940. The molecule has 0 aromatic carbocycles. The van der Waals surface area contributed by atoms with E-state index in [9.17, 15) is 9.18 Å². The van der Waals surface area contributed by atoms with Crippen molar-refractivity contribution in [3.63, 3.8) is 0 Å². The quantitative estimate of drug-likeness (QED) is 0.510. The van der Waals surface area contributed by atoms with Crippen LogP contribution in [0.4, 0.5) is 9.18 Å². The Balaban J connectivity index is 3.52. The van der Waals surface area contributed by atoms with Gasteiger partial charge < -0.3 is 20.3 Å². The molecule has 0 bridgehead atoms. The van der Waals surface area contributed by atoms with E-state index >= 15 is 0 Å². The van der Waals surface area contributed by atoms with Crippen molar-refractivity contribution in [2.75, 3.05) is 26.4 Å². The molecular weight excluding hydrogens is 169 g/mol. The van der Waals surface area contributed by atoms with E-state index in [2.05, 4.69) is 10.1 Å². The summed E-state index contributed by atoms with van der Waals surface area (Å²) >= 11 is 0. The number of alkyl halides is 1. The standard InChI is InChI=1S/C6H12FNO4/c7-1-2-8-6(11)12-5(3-9)4-10/h5,9-10H,1-4H2,(H,8,11). The predicted molar refractivity (Wildman–Crippen MR) is 38.4 cm³/mol. The van der Waals surface area contributed by atoms with Gasteiger partial charge in [0.05, 0.1) is 13.2 Å². The van der Waals surface area contributed by atoms with E-state index in [-0.39, 0.29) is 6.54 Å². The number of hydrogen-bond acceptors (Lipinski definition) is 4. The van der Waals surface area contributed by atoms with Gasteiger partial charge in [-0.1, -0.05) is 0 Å². The van der Waals surface area contributed by atoms with Crippen molar-refractivity contribution < 1.29 is 24.1 Å². The molecule has 0 aliphatic rings. The number of halogens is 1. The van der Waals surface area contributed by atoms with Gasteiger partial charge in [0.1, 0.15) is 12.8 Å². The fraction of sp³-hybridized carbons (Fsp3) is 0.833. The Morgan fingerprint density at radius 1 is 1.50 bits per heavy atom. The molecule has 0 atom stereocenters. The first kappa shape index (κ1) is 11.1. The summed E-state index contributed by atoms with van der Waals surface area (Å²) in [6.07, 6.45) is -1.79. The molecule has 5 nitrogen and oxygen atoms in total. The molecule has 3 N–H and O–H groups in total. The first-order chi connectivity index (χ1) is 5.74. The summed E-state index contributed by atoms with van der Waals surface area (Å²) in [5.41, 5.74) is 0. The van der Waals surface area contributed by atoms with Crippen LogP contribution in [-0.2, 0) is 4.74 Å². The van der Waals surface area contributed by atoms with Crippen molar-refractivity contribution >= 4 is 6.09 Å². The zero-order chi connectivity index (χ0) is 9.40. The second-order valence-corrected chi connectivity index (χ2v) is 2.01. The van der Waals surface area contributed by atoms with E-state index < -0.39 is 32.1 Å². The van der Waals surface area contributed by atoms with Crippen molar-refractivity contribution in [3.8, 4) is 0 Å². The van der Waals surface area contributed by atoms with Crippen LogP contribution >= 0.6 is 0 Å². The van der Waals surface area contributed by atoms with Gasteiger partial charge in [-0.2, -0.15) is 0 Å². The van der Waals surface area contributed by atoms with Gasteiger partial charge in [0, 0.05) is 6.54 Å². The average molecular weight is 181 g/mol. The maximum atomic E-state index is 11.5. The minimum Gasteiger partial charge on any atom is -0.441 e. The molecule has 0 aromatic heterocycles. The number of ether oxygens (including phenoxy) is 1. The van der Waals surface area contributed by atoms with Crippen molar-refractivity contribution in [2.24, 2.45) is 0 Å². The summed E-state index contributed by atoms with van der Waals surface area (Å²) < 4.78 is 15.9. The molecule has 0 spiro atoms. The largest absolute Gasteiger partial charge is 0.441 e. The molecular formula is C6H12FNO4. The van der Waals surface area contributed by atoms with Crippen molar-refractivity contribution in [1.29, 1.82) is 0 Å². The molecule has 0 unspecified atom stereocenters. The number of nitrogens with one attached hydrogen (secondary N) is 1. The number of alkyl carbamates (subject to hydrolysis) is 1. The van der Waals surface area contributed by atoms with E-state index in [1.54, 1.807) is 0 Å². The van der Waals surface area contributed by atoms with Gasteiger partial charge in [-0.15, -0.1) is 0 Å². The van der Waals surface area contributed by atoms with Crippen molar-refractivity contribution in [1.82, 2.24) is 5.32 Å². The van der Waals surface area contributed by atoms with Crippen molar-refractivity contribution in [2.45, 2.75) is 6.10 Å². The number of aliphatic hydroxyl groups is 2. The van der Waals surface area contributed by atoms with Gasteiger partial charge in [0.15, 0.2) is 0 Å². The monoisotopic (exact) mass is 181 g/mol. The molecule has 0 heterocycles. The zero-order valence-corrected chi connectivity index (χ0v) is 6.49. The summed E-state index contributed by atoms with van der Waals surface area (Å²) in [6, 6.07) is 0. The average Bonchev–Trinajstić information content (AvgIpc) is 2.10. The first-order valence-electron chi connectivity index (χ1n) is 3.46. The summed E-state index contributed by atoms with van der Waals surface area (Å²) in [6.45, 7) is -1.74. The highest BCUT2D eigenvalue weighted by Gasteiger charge is 2.10. The Kier molecular flexibility index (Phi) is 6.31. The van der Waals surface area contributed by atoms with E-state index in [4.69, 9.17) is 10.2 Å². The lowest BCUT2D eigenvalue weighted by atomic mass is 10.4. The lowest BCUT2D eigenvalue weighted by Gasteiger charge is -2.12. The Morgan fingerprint density at radius 3 is 2.50 bits per heavy atom. The lowest BCUT2D eigenvalue weighted by Crippen LogP contribution is -2.33. The van der Waals surface area contributed by atoms with Crippen LogP contribution < -0.4 is 5.32 Å². The number of aliphatic hydroxyl groups excluding tert-OH is 2. The predicted octanol–water partition coefficient (Wildman–Crippen LogP) is -0.965. The molecule has 6 heteroatoms. The highest BCUT2D eigenvalue weighted by atomic mass is 19.1. The highest BCUT2D eigenvalue weighted by Crippen LogP contribution is 1.89. The highest BCUT2D eigenvalue weighted by molar-refractivity contribution is 5.67. The van der Waals surface area contributed by atoms with Gasteiger partial charge in [-0.05, 0) is 0 Å². The fourth-order valence-corrected chi connectivity index (χ4v) is 0.475. The zero-order valence-electron chi connectivity index (χ0n) is 6.49. The van der Waals surface area contributed by atoms with Crippen molar-refractivity contribution in [3.05, 3.63) is 0 Å². The second-order valence-electron chi connectivity index (χ2n) is 2.01. The molecule has 0 fully saturated rings. The third kappa shape index (κ3) is 4.86. The lowest BCUT2D eigenvalue weighted by molar-refractivity contribution is 0.0222. The van der Waals surface area contributed by atoms with Gasteiger partial charge in [0.2, 0.25) is 0 Å². The minimum absolute atomic E-state index is 0.136. The second kappa shape index (κ2) is 6.81. The Morgan fingerprint density at radius 2 is 2.08 bits per heavy atom. The number of carbonyl (C=O) groups is 1. The smallest absolute Gasteiger partial charge is 0.407 e. The molecule has 1 amide bonds. The summed E-state index contributed by atoms with van der Waals surface area (Å²) in [7, 11) is 0. The maximum absolute atomic E-state index is 11.5. The van der Waals surface area contributed by atoms with E-state index in [1.165, 1.54) is 0 Å². The van der Waals surface area contributed by atoms with E-state index in [0.29, 0.717) is 0 Å². The van der Waals surface area contributed by atoms with Gasteiger partial charge in [-0.25, -0.2) is 9.18 Å². The summed E-state index contributed by atoms with van der Waals surface area (Å²) in [5.74, 6) is 0. The van der Waals surface area contributed by atoms with Crippen LogP contribution in [0.5, 0.6) is 0 Å². The van der Waals surface area contributed by atoms with Crippen LogP contribution in [-0.4, -0.2) is 48.8 Å². The van der Waals surface area contributed by atoms with Crippen LogP contribution in [0.25, 0.3) is 0 Å². The molecule has 0 aliphatic heterocycles. The molecule has 0 aliphatic carbocycles. The molecule has 0 saturated heterocycles. The van der Waals surface area contributed by atoms with Crippen LogP contribution in [0.3, 0.4) is 0 Å². The van der Waals surface area contributed by atoms with Gasteiger partial charge >= 0.3 is 6.09 Å². The molecule has 0 saturated carbocycles. The number of hydrogen-bond donors (Lipinski definition) is 3. The Hall–Kier alpha value is -0.880. The topological polar surface area (TPSA) is 78.8 Å². The van der Waals surface area contributed by atoms with E-state index in [0.717, 1.165) is 0 Å². The van der Waals surface area contributed by atoms with E-state index in [1.807, 2.05) is 0 Å². The summed E-state index contributed by atoms with van der Waals surface area (Å²) in [4.78, 5) is 10.6. The maximum Gasteiger partial charge on any atom is 0.407 e. The molecule has 12 heavy (non-hydrogen) atoms. The molecule has 0 aromatic rings. The van der Waals surface area contributed by atoms with Gasteiger partial charge in [-0.3, -0.25) is 0 Å². The third-order valence-electron chi connectivity index (χ3n) is 1.04. The number of rotatable bonds is 5. The Labute approximate surface area is 69.1 Å². The van der Waals surface area contributed by atoms with Crippen LogP contribution in [0, 0.1) is 0 Å². The van der Waals surface area contributed by atoms with Crippen LogP contribution in [0.2, 0.25) is 0 Å². The fourth-order valence-electron chi connectivity index (χ4n) is 0.475. The summed E-state index contributed by atoms with van der Waals surface area (Å²) in [5, 5.41) is 19.0. The van der Waals surface area contributed by atoms with Crippen LogP contribution in [0.1, 0.15) is 0 Å². The van der Waals surface area contributed by atoms with Crippen LogP contribution in [0.15, 0.2) is 0 Å². The normalized spacial score (nSPS) is 10.0. The molecule has 0 radical (unpaired) electrons. The number of carbonyl (C=O) groups excluding carboxylic acids is 1. The first-order valence-corrected chi connectivity index (χ1v) is 3.46. The van der Waals surface area contributed by atoms with Gasteiger partial charge in [0.25, 0.3) is 0 Å². The SMILES string of the molecule is O=C(NCCF)OC(CO)CO. The third-order valence-corrected chi connectivity index (χ3v) is 1.04.